The molecule has 3 nitrogen and oxygen atoms in total. The summed E-state index contributed by atoms with van der Waals surface area (Å²) >= 11 is 6.23. The van der Waals surface area contributed by atoms with E-state index < -0.39 is 11.4 Å². The Morgan fingerprint density at radius 1 is 1.35 bits per heavy atom. The van der Waals surface area contributed by atoms with Crippen molar-refractivity contribution in [3.63, 3.8) is 0 Å². The third-order valence-corrected chi connectivity index (χ3v) is 4.62. The molecule has 1 N–H and O–H groups in total. The van der Waals surface area contributed by atoms with Gasteiger partial charge in [0.15, 0.2) is 0 Å². The predicted octanol–water partition coefficient (Wildman–Crippen LogP) is 4.37. The van der Waals surface area contributed by atoms with Gasteiger partial charge < -0.3 is 9.84 Å². The van der Waals surface area contributed by atoms with Crippen molar-refractivity contribution >= 4 is 17.6 Å². The topological polar surface area (TPSA) is 46.5 Å². The van der Waals surface area contributed by atoms with Crippen LogP contribution in [0.25, 0.3) is 0 Å². The van der Waals surface area contributed by atoms with Gasteiger partial charge in [0.1, 0.15) is 5.75 Å². The van der Waals surface area contributed by atoms with Gasteiger partial charge in [0.25, 0.3) is 0 Å². The van der Waals surface area contributed by atoms with Gasteiger partial charge in [-0.3, -0.25) is 4.79 Å². The van der Waals surface area contributed by atoms with E-state index in [1.165, 1.54) is 0 Å². The lowest BCUT2D eigenvalue weighted by atomic mass is 9.74. The summed E-state index contributed by atoms with van der Waals surface area (Å²) in [6, 6.07) is 3.69. The van der Waals surface area contributed by atoms with E-state index in [9.17, 15) is 9.90 Å². The number of halogens is 1. The lowest BCUT2D eigenvalue weighted by molar-refractivity contribution is -0.143. The third-order valence-electron chi connectivity index (χ3n) is 4.33. The highest BCUT2D eigenvalue weighted by atomic mass is 35.5. The van der Waals surface area contributed by atoms with Gasteiger partial charge in [-0.15, -0.1) is 0 Å². The van der Waals surface area contributed by atoms with Crippen LogP contribution < -0.4 is 4.74 Å². The number of methoxy groups -OCH3 is 1. The maximum absolute atomic E-state index is 11.9. The van der Waals surface area contributed by atoms with Crippen LogP contribution in [0.4, 0.5) is 0 Å². The van der Waals surface area contributed by atoms with Gasteiger partial charge in [0.2, 0.25) is 0 Å². The first kappa shape index (κ1) is 15.2. The standard InChI is InChI=1S/C16H21ClO3/c1-10(2)11-8-14(20-3)13(17)9-12(11)16(15(18)19)6-4-5-7-16/h8-10H,4-7H2,1-3H3,(H,18,19). The van der Waals surface area contributed by atoms with E-state index >= 15 is 0 Å². The molecule has 0 heterocycles. The summed E-state index contributed by atoms with van der Waals surface area (Å²) in [4.78, 5) is 11.9. The van der Waals surface area contributed by atoms with Crippen molar-refractivity contribution in [2.45, 2.75) is 50.9 Å². The van der Waals surface area contributed by atoms with Crippen LogP contribution in [-0.2, 0) is 10.2 Å². The summed E-state index contributed by atoms with van der Waals surface area (Å²) in [5.74, 6) is 0.101. The van der Waals surface area contributed by atoms with Crippen molar-refractivity contribution in [3.8, 4) is 5.75 Å². The van der Waals surface area contributed by atoms with Crippen molar-refractivity contribution in [1.82, 2.24) is 0 Å². The highest BCUT2D eigenvalue weighted by Gasteiger charge is 2.44. The minimum atomic E-state index is -0.782. The van der Waals surface area contributed by atoms with E-state index in [4.69, 9.17) is 16.3 Å². The Labute approximate surface area is 124 Å². The molecule has 1 aromatic carbocycles. The molecule has 0 atom stereocenters. The van der Waals surface area contributed by atoms with Crippen LogP contribution in [0.15, 0.2) is 12.1 Å². The normalized spacial score (nSPS) is 17.4. The van der Waals surface area contributed by atoms with Crippen LogP contribution in [0.5, 0.6) is 5.75 Å². The molecule has 0 aliphatic heterocycles. The van der Waals surface area contributed by atoms with Crippen molar-refractivity contribution in [2.24, 2.45) is 0 Å². The minimum Gasteiger partial charge on any atom is -0.495 e. The lowest BCUT2D eigenvalue weighted by Crippen LogP contribution is -2.34. The highest BCUT2D eigenvalue weighted by Crippen LogP contribution is 2.46. The fourth-order valence-corrected chi connectivity index (χ4v) is 3.44. The van der Waals surface area contributed by atoms with E-state index in [0.29, 0.717) is 23.6 Å². The molecule has 0 spiro atoms. The molecule has 20 heavy (non-hydrogen) atoms. The minimum absolute atomic E-state index is 0.230. The molecule has 1 aromatic rings. The molecule has 0 saturated heterocycles. The SMILES string of the molecule is COc1cc(C(C)C)c(C2(C(=O)O)CCCC2)cc1Cl. The summed E-state index contributed by atoms with van der Waals surface area (Å²) in [6.45, 7) is 4.13. The van der Waals surface area contributed by atoms with Crippen molar-refractivity contribution in [2.75, 3.05) is 7.11 Å². The molecule has 0 unspecified atom stereocenters. The summed E-state index contributed by atoms with van der Waals surface area (Å²) < 4.78 is 5.27. The molecule has 0 bridgehead atoms. The van der Waals surface area contributed by atoms with Crippen LogP contribution in [0.1, 0.15) is 56.6 Å². The Hall–Kier alpha value is -1.22. The maximum Gasteiger partial charge on any atom is 0.314 e. The number of ether oxygens (including phenoxy) is 1. The number of carboxylic acids is 1. The first-order valence-electron chi connectivity index (χ1n) is 7.03. The highest BCUT2D eigenvalue weighted by molar-refractivity contribution is 6.32. The van der Waals surface area contributed by atoms with Crippen molar-refractivity contribution in [3.05, 3.63) is 28.3 Å². The smallest absolute Gasteiger partial charge is 0.314 e. The summed E-state index contributed by atoms with van der Waals surface area (Å²) in [5.41, 5.74) is 1.11. The van der Waals surface area contributed by atoms with E-state index in [0.717, 1.165) is 24.0 Å². The number of rotatable bonds is 4. The summed E-state index contributed by atoms with van der Waals surface area (Å²) in [6.07, 6.45) is 3.27. The van der Waals surface area contributed by atoms with Crippen LogP contribution in [0.3, 0.4) is 0 Å². The second-order valence-electron chi connectivity index (χ2n) is 5.82. The fraction of sp³-hybridized carbons (Fsp3) is 0.562. The Morgan fingerprint density at radius 2 is 1.95 bits per heavy atom. The first-order valence-corrected chi connectivity index (χ1v) is 7.41. The second kappa shape index (κ2) is 5.65. The third kappa shape index (κ3) is 2.39. The number of hydrogen-bond acceptors (Lipinski definition) is 2. The Bertz CT molecular complexity index is 517. The van der Waals surface area contributed by atoms with E-state index in [1.807, 2.05) is 6.07 Å². The number of carboxylic acid groups (broad SMARTS) is 1. The quantitative estimate of drug-likeness (QED) is 0.897. The van der Waals surface area contributed by atoms with Gasteiger partial charge in [-0.05, 0) is 42.0 Å². The molecule has 110 valence electrons. The van der Waals surface area contributed by atoms with Gasteiger partial charge in [-0.1, -0.05) is 38.3 Å². The van der Waals surface area contributed by atoms with E-state index in [1.54, 1.807) is 13.2 Å². The zero-order chi connectivity index (χ0) is 14.9. The van der Waals surface area contributed by atoms with Gasteiger partial charge in [0, 0.05) is 0 Å². The van der Waals surface area contributed by atoms with Crippen LogP contribution in [-0.4, -0.2) is 18.2 Å². The fourth-order valence-electron chi connectivity index (χ4n) is 3.19. The molecule has 1 fully saturated rings. The van der Waals surface area contributed by atoms with Gasteiger partial charge in [-0.2, -0.15) is 0 Å². The molecule has 2 rings (SSSR count). The van der Waals surface area contributed by atoms with Gasteiger partial charge in [0.05, 0.1) is 17.5 Å². The zero-order valence-corrected chi connectivity index (χ0v) is 13.0. The molecule has 4 heteroatoms. The van der Waals surface area contributed by atoms with Crippen molar-refractivity contribution < 1.29 is 14.6 Å². The average molecular weight is 297 g/mol. The van der Waals surface area contributed by atoms with E-state index in [2.05, 4.69) is 13.8 Å². The van der Waals surface area contributed by atoms with Crippen LogP contribution in [0.2, 0.25) is 5.02 Å². The van der Waals surface area contributed by atoms with E-state index in [-0.39, 0.29) is 5.92 Å². The maximum atomic E-state index is 11.9. The number of benzene rings is 1. The monoisotopic (exact) mass is 296 g/mol. The average Bonchev–Trinajstić information content (AvgIpc) is 2.88. The molecular weight excluding hydrogens is 276 g/mol. The Kier molecular flexibility index (Phi) is 4.28. The number of aliphatic carboxylic acids is 1. The molecule has 1 saturated carbocycles. The Morgan fingerprint density at radius 3 is 2.40 bits per heavy atom. The predicted molar refractivity (Wildman–Crippen MR) is 79.9 cm³/mol. The number of hydrogen-bond donors (Lipinski definition) is 1. The Balaban J connectivity index is 2.65. The zero-order valence-electron chi connectivity index (χ0n) is 12.2. The molecule has 0 aromatic heterocycles. The lowest BCUT2D eigenvalue weighted by Gasteiger charge is -2.29. The molecular formula is C16H21ClO3. The molecule has 1 aliphatic rings. The van der Waals surface area contributed by atoms with Crippen LogP contribution >= 0.6 is 11.6 Å². The molecule has 0 amide bonds. The number of carbonyl (C=O) groups is 1. The summed E-state index contributed by atoms with van der Waals surface area (Å²) in [5, 5.41) is 10.3. The second-order valence-corrected chi connectivity index (χ2v) is 6.23. The first-order chi connectivity index (χ1) is 9.42. The molecule has 0 radical (unpaired) electrons. The summed E-state index contributed by atoms with van der Waals surface area (Å²) in [7, 11) is 1.58. The van der Waals surface area contributed by atoms with Gasteiger partial charge in [-0.25, -0.2) is 0 Å². The molecule has 1 aliphatic carbocycles. The van der Waals surface area contributed by atoms with Crippen molar-refractivity contribution in [1.29, 1.82) is 0 Å². The van der Waals surface area contributed by atoms with Crippen LogP contribution in [0, 0.1) is 0 Å². The van der Waals surface area contributed by atoms with Gasteiger partial charge >= 0.3 is 5.97 Å². The largest absolute Gasteiger partial charge is 0.495 e.